The first-order valence-electron chi connectivity index (χ1n) is 47.4. The Morgan fingerprint density at radius 1 is 0.288 bits per heavy atom. The first-order chi connectivity index (χ1) is 51.0. The van der Waals surface area contributed by atoms with Crippen LogP contribution in [0.1, 0.15) is 528 Å². The predicted molar refractivity (Wildman–Crippen MR) is 455 cm³/mol. The summed E-state index contributed by atoms with van der Waals surface area (Å²) in [6.45, 7) is 4.55. The quantitative estimate of drug-likeness (QED) is 0.0211. The summed E-state index contributed by atoms with van der Waals surface area (Å²) in [6, 6.07) is 0. The molecule has 0 aliphatic rings. The zero-order valence-electron chi connectivity index (χ0n) is 71.3. The molecule has 0 aromatic rings. The zero-order chi connectivity index (χ0) is 75.4. The topological polar surface area (TPSA) is 108 Å². The van der Waals surface area contributed by atoms with Gasteiger partial charge in [-0.05, 0) is 38.5 Å². The lowest BCUT2D eigenvalue weighted by atomic mass is 10.0. The number of nitrogens with zero attached hydrogens (tertiary/aromatic N) is 1. The molecular weight excluding hydrogens is 1300 g/mol. The zero-order valence-corrected chi connectivity index (χ0v) is 72.2. The van der Waals surface area contributed by atoms with E-state index in [1.54, 1.807) is 0 Å². The van der Waals surface area contributed by atoms with Gasteiger partial charge in [0.15, 0.2) is 6.10 Å². The van der Waals surface area contributed by atoms with E-state index in [0.29, 0.717) is 17.4 Å². The van der Waals surface area contributed by atoms with Gasteiger partial charge in [-0.1, -0.05) is 488 Å². The fourth-order valence-corrected chi connectivity index (χ4v) is 15.8. The molecule has 0 saturated carbocycles. The van der Waals surface area contributed by atoms with E-state index in [2.05, 4.69) is 26.0 Å². The number of phosphoric acid groups is 1. The second kappa shape index (κ2) is 85.7. The number of rotatable bonds is 91. The van der Waals surface area contributed by atoms with E-state index in [1.165, 1.54) is 462 Å². The van der Waals surface area contributed by atoms with Crippen LogP contribution in [0.4, 0.5) is 0 Å². The molecule has 0 bridgehead atoms. The molecule has 9 nitrogen and oxygen atoms in total. The molecule has 0 aliphatic carbocycles. The first kappa shape index (κ1) is 103. The van der Waals surface area contributed by atoms with Crippen LogP contribution in [0.3, 0.4) is 0 Å². The smallest absolute Gasteiger partial charge is 0.462 e. The van der Waals surface area contributed by atoms with Gasteiger partial charge in [-0.3, -0.25) is 18.6 Å². The second-order valence-electron chi connectivity index (χ2n) is 34.1. The summed E-state index contributed by atoms with van der Waals surface area (Å²) in [5.41, 5.74) is 0. The molecule has 1 N–H and O–H groups in total. The number of esters is 2. The van der Waals surface area contributed by atoms with Gasteiger partial charge >= 0.3 is 19.8 Å². The van der Waals surface area contributed by atoms with Gasteiger partial charge in [0.05, 0.1) is 27.7 Å². The Morgan fingerprint density at radius 2 is 0.490 bits per heavy atom. The van der Waals surface area contributed by atoms with Crippen molar-refractivity contribution >= 4 is 19.8 Å². The average molecular weight is 1490 g/mol. The number of allylic oxidation sites excluding steroid dienone is 2. The van der Waals surface area contributed by atoms with E-state index < -0.39 is 26.5 Å². The SMILES string of the molecule is CCCCCCCCCC/C=C\CCCCCCCCCCCCCCCCCCCCCCCCCCCCCCCC(=O)OC(COC(=O)CCCCCCCCCCCCCCCCCCCCCCCCCCCCCCCCCCCCCCCCC)COP(=O)(O)OCC[N+](C)(C)C. The van der Waals surface area contributed by atoms with E-state index in [1.807, 2.05) is 21.1 Å². The lowest BCUT2D eigenvalue weighted by molar-refractivity contribution is -0.870. The molecule has 0 saturated heterocycles. The third kappa shape index (κ3) is 89.6. The number of quaternary nitrogens is 1. The van der Waals surface area contributed by atoms with Crippen LogP contribution in [-0.2, 0) is 32.7 Å². The number of unbranched alkanes of at least 4 members (excludes halogenated alkanes) is 75. The maximum Gasteiger partial charge on any atom is 0.472 e. The van der Waals surface area contributed by atoms with Gasteiger partial charge in [0.25, 0.3) is 0 Å². The van der Waals surface area contributed by atoms with Gasteiger partial charge in [-0.25, -0.2) is 4.57 Å². The summed E-state index contributed by atoms with van der Waals surface area (Å²) in [6.07, 6.45) is 112. The summed E-state index contributed by atoms with van der Waals surface area (Å²) < 4.78 is 34.9. The van der Waals surface area contributed by atoms with Gasteiger partial charge in [0, 0.05) is 12.8 Å². The fraction of sp³-hybridized carbons (Fsp3) is 0.957. The Bertz CT molecular complexity index is 1750. The minimum atomic E-state index is -4.39. The molecule has 0 aromatic carbocycles. The highest BCUT2D eigenvalue weighted by Gasteiger charge is 2.27. The van der Waals surface area contributed by atoms with Crippen molar-refractivity contribution in [3.8, 4) is 0 Å². The van der Waals surface area contributed by atoms with Crippen LogP contribution < -0.4 is 0 Å². The Kier molecular flexibility index (Phi) is 84.7. The normalized spacial score (nSPS) is 12.9. The summed E-state index contributed by atoms with van der Waals surface area (Å²) in [7, 11) is 1.51. The minimum Gasteiger partial charge on any atom is -0.462 e. The van der Waals surface area contributed by atoms with Crippen LogP contribution >= 0.6 is 7.82 Å². The number of phosphoric ester groups is 1. The second-order valence-corrected chi connectivity index (χ2v) is 35.6. The molecule has 0 heterocycles. The Morgan fingerprint density at radius 3 is 0.712 bits per heavy atom. The Hall–Kier alpha value is -1.25. The van der Waals surface area contributed by atoms with Crippen LogP contribution in [-0.4, -0.2) is 74.9 Å². The van der Waals surface area contributed by atoms with E-state index in [9.17, 15) is 19.0 Å². The van der Waals surface area contributed by atoms with Crippen LogP contribution in [0.5, 0.6) is 0 Å². The molecule has 2 unspecified atom stereocenters. The van der Waals surface area contributed by atoms with E-state index in [0.717, 1.165) is 38.5 Å². The van der Waals surface area contributed by atoms with E-state index in [4.69, 9.17) is 18.5 Å². The van der Waals surface area contributed by atoms with E-state index in [-0.39, 0.29) is 25.6 Å². The maximum atomic E-state index is 13.0. The van der Waals surface area contributed by atoms with Crippen LogP contribution in [0.25, 0.3) is 0 Å². The van der Waals surface area contributed by atoms with Crippen molar-refractivity contribution in [2.45, 2.75) is 534 Å². The molecule has 0 amide bonds. The molecule has 10 heteroatoms. The highest BCUT2D eigenvalue weighted by Crippen LogP contribution is 2.43. The van der Waals surface area contributed by atoms with Crippen molar-refractivity contribution in [1.29, 1.82) is 0 Å². The van der Waals surface area contributed by atoms with Crippen LogP contribution in [0.2, 0.25) is 0 Å². The number of ether oxygens (including phenoxy) is 2. The molecule has 0 spiro atoms. The van der Waals surface area contributed by atoms with E-state index >= 15 is 0 Å². The molecule has 0 aromatic heterocycles. The highest BCUT2D eigenvalue weighted by atomic mass is 31.2. The average Bonchev–Trinajstić information content (AvgIpc) is 0.920. The number of hydrogen-bond donors (Lipinski definition) is 1. The predicted octanol–water partition coefficient (Wildman–Crippen LogP) is 32.1. The molecule has 0 aliphatic heterocycles. The van der Waals surface area contributed by atoms with Gasteiger partial charge < -0.3 is 18.9 Å². The molecule has 620 valence electrons. The summed E-state index contributed by atoms with van der Waals surface area (Å²) in [5.74, 6) is -0.762. The van der Waals surface area contributed by atoms with Crippen LogP contribution in [0, 0.1) is 0 Å². The van der Waals surface area contributed by atoms with Crippen molar-refractivity contribution in [3.05, 3.63) is 12.2 Å². The van der Waals surface area contributed by atoms with Crippen molar-refractivity contribution < 1.29 is 42.1 Å². The largest absolute Gasteiger partial charge is 0.472 e. The molecule has 0 radical (unpaired) electrons. The summed E-state index contributed by atoms with van der Waals surface area (Å²) >= 11 is 0. The van der Waals surface area contributed by atoms with Gasteiger partial charge in [0.1, 0.15) is 19.8 Å². The van der Waals surface area contributed by atoms with Gasteiger partial charge in [-0.2, -0.15) is 0 Å². The number of carbonyl (C=O) groups is 2. The molecule has 2 atom stereocenters. The minimum absolute atomic E-state index is 0.0374. The van der Waals surface area contributed by atoms with Crippen molar-refractivity contribution in [3.63, 3.8) is 0 Å². The lowest BCUT2D eigenvalue weighted by Crippen LogP contribution is -2.37. The van der Waals surface area contributed by atoms with Crippen molar-refractivity contribution in [2.24, 2.45) is 0 Å². The molecule has 0 rings (SSSR count). The molecular formula is C94H187NO8P+. The number of hydrogen-bond acceptors (Lipinski definition) is 7. The van der Waals surface area contributed by atoms with Crippen molar-refractivity contribution in [1.82, 2.24) is 0 Å². The third-order valence-electron chi connectivity index (χ3n) is 22.3. The standard InChI is InChI=1S/C94H186NO8P/c1-6-8-10-12-14-16-18-20-22-24-26-28-30-32-34-36-38-40-42-44-46-47-49-51-53-55-57-59-61-63-65-67-69-71-73-75-77-79-81-83-85-87-94(97)103-92(91-102-104(98,99)101-89-88-95(3,4)5)90-100-93(96)86-84-82-80-78-76-74-72-70-68-66-64-62-60-58-56-54-52-50-48-45-43-41-39-37-35-33-31-29-27-25-23-21-19-17-15-13-11-9-7-2/h24,26,92H,6-23,25,27-91H2,1-5H3/p+1/b26-24-. The van der Waals surface area contributed by atoms with Crippen molar-refractivity contribution in [2.75, 3.05) is 47.5 Å². The fourth-order valence-electron chi connectivity index (χ4n) is 15.1. The lowest BCUT2D eigenvalue weighted by Gasteiger charge is -2.24. The molecule has 104 heavy (non-hydrogen) atoms. The highest BCUT2D eigenvalue weighted by molar-refractivity contribution is 7.47. The number of likely N-dealkylation sites (N-methyl/N-ethyl adjacent to an activating group) is 1. The number of carbonyl (C=O) groups excluding carboxylic acids is 2. The first-order valence-corrected chi connectivity index (χ1v) is 48.9. The van der Waals surface area contributed by atoms with Gasteiger partial charge in [-0.15, -0.1) is 0 Å². The summed E-state index contributed by atoms with van der Waals surface area (Å²) in [4.78, 5) is 36.1. The van der Waals surface area contributed by atoms with Crippen LogP contribution in [0.15, 0.2) is 12.2 Å². The molecule has 0 fully saturated rings. The maximum absolute atomic E-state index is 13.0. The Balaban J connectivity index is 3.79. The Labute approximate surface area is 651 Å². The third-order valence-corrected chi connectivity index (χ3v) is 23.3. The van der Waals surface area contributed by atoms with Gasteiger partial charge in [0.2, 0.25) is 0 Å². The monoisotopic (exact) mass is 1490 g/mol. The summed E-state index contributed by atoms with van der Waals surface area (Å²) in [5, 5.41) is 0.